The number of rotatable bonds is 6. The summed E-state index contributed by atoms with van der Waals surface area (Å²) in [6.07, 6.45) is 3.94. The van der Waals surface area contributed by atoms with E-state index in [1.54, 1.807) is 6.07 Å². The van der Waals surface area contributed by atoms with Crippen molar-refractivity contribution in [1.29, 1.82) is 0 Å². The van der Waals surface area contributed by atoms with Crippen molar-refractivity contribution in [3.05, 3.63) is 23.7 Å². The highest BCUT2D eigenvalue weighted by atomic mass is 16.4. The second-order valence-electron chi connectivity index (χ2n) is 5.15. The van der Waals surface area contributed by atoms with Crippen LogP contribution in [0.3, 0.4) is 0 Å². The number of nitrogens with zero attached hydrogens (tertiary/aromatic N) is 1. The fourth-order valence-electron chi connectivity index (χ4n) is 2.48. The van der Waals surface area contributed by atoms with E-state index in [-0.39, 0.29) is 5.76 Å². The van der Waals surface area contributed by atoms with Gasteiger partial charge in [-0.1, -0.05) is 6.42 Å². The molecule has 1 aliphatic heterocycles. The molecule has 0 bridgehead atoms. The highest BCUT2D eigenvalue weighted by Crippen LogP contribution is 2.12. The standard InChI is InChI=1S/C14H22N2O3/c1-11(16-7-3-2-4-8-16)9-15-10-12-5-6-13(19-12)14(17)18/h5-6,11,15H,2-4,7-10H2,1H3,(H,17,18). The van der Waals surface area contributed by atoms with Crippen LogP contribution in [0, 0.1) is 0 Å². The monoisotopic (exact) mass is 266 g/mol. The average Bonchev–Trinajstić information content (AvgIpc) is 2.89. The molecule has 106 valence electrons. The smallest absolute Gasteiger partial charge is 0.371 e. The summed E-state index contributed by atoms with van der Waals surface area (Å²) < 4.78 is 5.20. The van der Waals surface area contributed by atoms with E-state index in [2.05, 4.69) is 17.1 Å². The molecule has 1 saturated heterocycles. The van der Waals surface area contributed by atoms with Crippen LogP contribution in [0.2, 0.25) is 0 Å². The van der Waals surface area contributed by atoms with Crippen LogP contribution in [0.4, 0.5) is 0 Å². The number of furan rings is 1. The molecule has 2 rings (SSSR count). The van der Waals surface area contributed by atoms with E-state index in [9.17, 15) is 4.79 Å². The Hall–Kier alpha value is -1.33. The molecule has 2 N–H and O–H groups in total. The summed E-state index contributed by atoms with van der Waals surface area (Å²) in [5.41, 5.74) is 0. The maximum Gasteiger partial charge on any atom is 0.371 e. The van der Waals surface area contributed by atoms with Crippen molar-refractivity contribution in [2.24, 2.45) is 0 Å². The van der Waals surface area contributed by atoms with Gasteiger partial charge in [0.1, 0.15) is 5.76 Å². The molecule has 2 heterocycles. The molecule has 1 aliphatic rings. The van der Waals surface area contributed by atoms with Gasteiger partial charge in [-0.3, -0.25) is 4.90 Å². The lowest BCUT2D eigenvalue weighted by Crippen LogP contribution is -2.42. The van der Waals surface area contributed by atoms with Crippen molar-refractivity contribution in [3.63, 3.8) is 0 Å². The van der Waals surface area contributed by atoms with Gasteiger partial charge >= 0.3 is 5.97 Å². The number of carboxylic acids is 1. The van der Waals surface area contributed by atoms with E-state index in [4.69, 9.17) is 9.52 Å². The molecule has 0 amide bonds. The predicted octanol–water partition coefficient (Wildman–Crippen LogP) is 1.94. The number of likely N-dealkylation sites (tertiary alicyclic amines) is 1. The van der Waals surface area contributed by atoms with Gasteiger partial charge in [0, 0.05) is 12.6 Å². The first-order valence-electron chi connectivity index (χ1n) is 6.93. The van der Waals surface area contributed by atoms with Crippen LogP contribution in [-0.2, 0) is 6.54 Å². The van der Waals surface area contributed by atoms with Crippen LogP contribution in [0.25, 0.3) is 0 Å². The van der Waals surface area contributed by atoms with Crippen molar-refractivity contribution < 1.29 is 14.3 Å². The Morgan fingerprint density at radius 2 is 2.16 bits per heavy atom. The van der Waals surface area contributed by atoms with E-state index >= 15 is 0 Å². The Morgan fingerprint density at radius 3 is 2.79 bits per heavy atom. The van der Waals surface area contributed by atoms with Gasteiger partial charge in [0.05, 0.1) is 6.54 Å². The summed E-state index contributed by atoms with van der Waals surface area (Å²) in [4.78, 5) is 13.2. The molecular weight excluding hydrogens is 244 g/mol. The van der Waals surface area contributed by atoms with Crippen LogP contribution < -0.4 is 5.32 Å². The summed E-state index contributed by atoms with van der Waals surface area (Å²) in [7, 11) is 0. The molecule has 1 aromatic rings. The molecule has 0 aromatic carbocycles. The van der Waals surface area contributed by atoms with Crippen LogP contribution in [-0.4, -0.2) is 41.7 Å². The molecule has 19 heavy (non-hydrogen) atoms. The summed E-state index contributed by atoms with van der Waals surface area (Å²) >= 11 is 0. The zero-order chi connectivity index (χ0) is 13.7. The molecule has 0 aliphatic carbocycles. The van der Waals surface area contributed by atoms with Crippen LogP contribution >= 0.6 is 0 Å². The van der Waals surface area contributed by atoms with Gasteiger partial charge in [-0.25, -0.2) is 4.79 Å². The quantitative estimate of drug-likeness (QED) is 0.823. The number of hydrogen-bond donors (Lipinski definition) is 2. The number of aromatic carboxylic acids is 1. The molecule has 1 unspecified atom stereocenters. The summed E-state index contributed by atoms with van der Waals surface area (Å²) in [5.74, 6) is -0.350. The molecule has 0 saturated carbocycles. The first kappa shape index (κ1) is 14.1. The minimum atomic E-state index is -1.02. The Kier molecular flexibility index (Phi) is 4.99. The van der Waals surface area contributed by atoms with Crippen LogP contribution in [0.15, 0.2) is 16.5 Å². The fourth-order valence-corrected chi connectivity index (χ4v) is 2.48. The first-order chi connectivity index (χ1) is 9.16. The zero-order valence-electron chi connectivity index (χ0n) is 11.4. The Labute approximate surface area is 113 Å². The normalized spacial score (nSPS) is 18.4. The lowest BCUT2D eigenvalue weighted by atomic mass is 10.1. The second-order valence-corrected chi connectivity index (χ2v) is 5.15. The zero-order valence-corrected chi connectivity index (χ0v) is 11.4. The predicted molar refractivity (Wildman–Crippen MR) is 72.3 cm³/mol. The molecule has 1 aromatic heterocycles. The van der Waals surface area contributed by atoms with E-state index in [1.165, 1.54) is 38.4 Å². The molecule has 1 fully saturated rings. The third-order valence-corrected chi connectivity index (χ3v) is 3.63. The van der Waals surface area contributed by atoms with E-state index < -0.39 is 5.97 Å². The number of piperidine rings is 1. The van der Waals surface area contributed by atoms with Crippen LogP contribution in [0.1, 0.15) is 42.5 Å². The van der Waals surface area contributed by atoms with Crippen molar-refractivity contribution in [2.75, 3.05) is 19.6 Å². The van der Waals surface area contributed by atoms with Gasteiger partial charge in [0.2, 0.25) is 5.76 Å². The molecule has 5 nitrogen and oxygen atoms in total. The Bertz CT molecular complexity index is 411. The highest BCUT2D eigenvalue weighted by Gasteiger charge is 2.16. The SMILES string of the molecule is CC(CNCc1ccc(C(=O)O)o1)N1CCCCC1. The molecule has 0 radical (unpaired) electrons. The second kappa shape index (κ2) is 6.73. The molecule has 5 heteroatoms. The van der Waals surface area contributed by atoms with E-state index in [1.807, 2.05) is 0 Å². The first-order valence-corrected chi connectivity index (χ1v) is 6.93. The number of hydrogen-bond acceptors (Lipinski definition) is 4. The fraction of sp³-hybridized carbons (Fsp3) is 0.643. The number of carboxylic acid groups (broad SMARTS) is 1. The van der Waals surface area contributed by atoms with Crippen molar-refractivity contribution in [3.8, 4) is 0 Å². The van der Waals surface area contributed by atoms with Crippen LogP contribution in [0.5, 0.6) is 0 Å². The topological polar surface area (TPSA) is 65.7 Å². The third-order valence-electron chi connectivity index (χ3n) is 3.63. The minimum Gasteiger partial charge on any atom is -0.475 e. The van der Waals surface area contributed by atoms with Gasteiger partial charge in [-0.2, -0.15) is 0 Å². The highest BCUT2D eigenvalue weighted by molar-refractivity contribution is 5.84. The molecule has 1 atom stereocenters. The lowest BCUT2D eigenvalue weighted by molar-refractivity contribution is 0.0660. The summed E-state index contributed by atoms with van der Waals surface area (Å²) in [6.45, 7) is 6.07. The van der Waals surface area contributed by atoms with Gasteiger partial charge in [-0.05, 0) is 45.0 Å². The van der Waals surface area contributed by atoms with Gasteiger partial charge in [0.25, 0.3) is 0 Å². The molecular formula is C14H22N2O3. The maximum atomic E-state index is 10.7. The van der Waals surface area contributed by atoms with Crippen molar-refractivity contribution >= 4 is 5.97 Å². The lowest BCUT2D eigenvalue weighted by Gasteiger charge is -2.32. The third kappa shape index (κ3) is 4.08. The van der Waals surface area contributed by atoms with Crippen molar-refractivity contribution in [1.82, 2.24) is 10.2 Å². The summed E-state index contributed by atoms with van der Waals surface area (Å²) in [6, 6.07) is 3.71. The Balaban J connectivity index is 1.71. The van der Waals surface area contributed by atoms with E-state index in [0.717, 1.165) is 6.54 Å². The van der Waals surface area contributed by atoms with Gasteiger partial charge < -0.3 is 14.8 Å². The molecule has 0 spiro atoms. The van der Waals surface area contributed by atoms with Gasteiger partial charge in [0.15, 0.2) is 0 Å². The number of nitrogens with one attached hydrogen (secondary N) is 1. The maximum absolute atomic E-state index is 10.7. The minimum absolute atomic E-state index is 0.000814. The average molecular weight is 266 g/mol. The summed E-state index contributed by atoms with van der Waals surface area (Å²) in [5, 5.41) is 12.1. The largest absolute Gasteiger partial charge is 0.475 e. The van der Waals surface area contributed by atoms with Crippen molar-refractivity contribution in [2.45, 2.75) is 38.8 Å². The van der Waals surface area contributed by atoms with E-state index in [0.29, 0.717) is 18.3 Å². The van der Waals surface area contributed by atoms with Gasteiger partial charge in [-0.15, -0.1) is 0 Å². The Morgan fingerprint density at radius 1 is 1.42 bits per heavy atom. The number of carbonyl (C=O) groups is 1.